The number of nitrogens with zero attached hydrogens (tertiary/aromatic N) is 2. The highest BCUT2D eigenvalue weighted by Gasteiger charge is 2.15. The Morgan fingerprint density at radius 2 is 2.12 bits per heavy atom. The molecule has 0 saturated heterocycles. The van der Waals surface area contributed by atoms with E-state index < -0.39 is 6.04 Å². The molecule has 1 aromatic carbocycles. The molecule has 2 aromatic rings. The highest BCUT2D eigenvalue weighted by Crippen LogP contribution is 2.27. The fourth-order valence-electron chi connectivity index (χ4n) is 1.39. The maximum absolute atomic E-state index is 13.3. The zero-order valence-corrected chi connectivity index (χ0v) is 9.86. The van der Waals surface area contributed by atoms with Crippen molar-refractivity contribution in [2.75, 3.05) is 0 Å². The molecule has 0 fully saturated rings. The van der Waals surface area contributed by atoms with E-state index >= 15 is 0 Å². The Morgan fingerprint density at radius 1 is 1.31 bits per heavy atom. The zero-order valence-electron chi connectivity index (χ0n) is 8.27. The zero-order chi connectivity index (χ0) is 11.5. The third-order valence-corrected chi connectivity index (χ3v) is 3.05. The smallest absolute Gasteiger partial charge is 0.137 e. The summed E-state index contributed by atoms with van der Waals surface area (Å²) in [6.45, 7) is 0. The molecular weight excluding hydrogens is 273 g/mol. The van der Waals surface area contributed by atoms with Gasteiger partial charge in [-0.25, -0.2) is 4.39 Å². The Bertz CT molecular complexity index is 490. The molecule has 82 valence electrons. The first-order chi connectivity index (χ1) is 7.70. The summed E-state index contributed by atoms with van der Waals surface area (Å²) in [5.41, 5.74) is 7.25. The molecular formula is C11H9BrFN3. The van der Waals surface area contributed by atoms with Crippen LogP contribution in [0.2, 0.25) is 0 Å². The number of hydrogen-bond acceptors (Lipinski definition) is 3. The Kier molecular flexibility index (Phi) is 3.26. The summed E-state index contributed by atoms with van der Waals surface area (Å²) in [6, 6.07) is 4.26. The maximum Gasteiger partial charge on any atom is 0.137 e. The number of hydrogen-bond donors (Lipinski definition) is 1. The minimum absolute atomic E-state index is 0.336. The number of benzene rings is 1. The lowest BCUT2D eigenvalue weighted by molar-refractivity contribution is 0.615. The van der Waals surface area contributed by atoms with E-state index in [1.54, 1.807) is 30.7 Å². The summed E-state index contributed by atoms with van der Waals surface area (Å²) in [7, 11) is 0. The van der Waals surface area contributed by atoms with E-state index in [9.17, 15) is 4.39 Å². The molecule has 1 unspecified atom stereocenters. The second-order valence-corrected chi connectivity index (χ2v) is 4.04. The van der Waals surface area contributed by atoms with Crippen LogP contribution in [0.15, 0.2) is 41.3 Å². The van der Waals surface area contributed by atoms with Gasteiger partial charge in [-0.2, -0.15) is 0 Å². The normalized spacial score (nSPS) is 12.4. The molecule has 16 heavy (non-hydrogen) atoms. The van der Waals surface area contributed by atoms with Crippen LogP contribution in [0.4, 0.5) is 4.39 Å². The monoisotopic (exact) mass is 281 g/mol. The topological polar surface area (TPSA) is 51.8 Å². The largest absolute Gasteiger partial charge is 0.319 e. The highest BCUT2D eigenvalue weighted by molar-refractivity contribution is 9.10. The molecule has 1 aromatic heterocycles. The van der Waals surface area contributed by atoms with Gasteiger partial charge in [0, 0.05) is 12.4 Å². The van der Waals surface area contributed by atoms with Gasteiger partial charge >= 0.3 is 0 Å². The SMILES string of the molecule is NC(c1cnccn1)c1cccc(F)c1Br. The minimum Gasteiger partial charge on any atom is -0.319 e. The average molecular weight is 282 g/mol. The van der Waals surface area contributed by atoms with Gasteiger partial charge in [-0.05, 0) is 27.6 Å². The molecule has 2 N–H and O–H groups in total. The van der Waals surface area contributed by atoms with Gasteiger partial charge in [0.05, 0.1) is 22.4 Å². The number of halogens is 2. The molecule has 5 heteroatoms. The summed E-state index contributed by atoms with van der Waals surface area (Å²) in [5.74, 6) is -0.336. The quantitative estimate of drug-likeness (QED) is 0.920. The first-order valence-electron chi connectivity index (χ1n) is 4.65. The highest BCUT2D eigenvalue weighted by atomic mass is 79.9. The third-order valence-electron chi connectivity index (χ3n) is 2.22. The summed E-state index contributed by atoms with van der Waals surface area (Å²) in [6.07, 6.45) is 4.70. The summed E-state index contributed by atoms with van der Waals surface area (Å²) in [4.78, 5) is 8.03. The lowest BCUT2D eigenvalue weighted by Gasteiger charge is -2.12. The van der Waals surface area contributed by atoms with Gasteiger partial charge in [-0.15, -0.1) is 0 Å². The average Bonchev–Trinajstić information content (AvgIpc) is 2.33. The van der Waals surface area contributed by atoms with Crippen LogP contribution in [-0.4, -0.2) is 9.97 Å². The number of rotatable bonds is 2. The van der Waals surface area contributed by atoms with Crippen molar-refractivity contribution >= 4 is 15.9 Å². The molecule has 2 rings (SSSR count). The predicted octanol–water partition coefficient (Wildman–Crippen LogP) is 2.43. The van der Waals surface area contributed by atoms with E-state index in [1.165, 1.54) is 6.07 Å². The van der Waals surface area contributed by atoms with Crippen LogP contribution in [-0.2, 0) is 0 Å². The Balaban J connectivity index is 2.42. The van der Waals surface area contributed by atoms with Crippen LogP contribution >= 0.6 is 15.9 Å². The van der Waals surface area contributed by atoms with Gasteiger partial charge in [0.15, 0.2) is 0 Å². The van der Waals surface area contributed by atoms with Gasteiger partial charge in [0.25, 0.3) is 0 Å². The van der Waals surface area contributed by atoms with Gasteiger partial charge in [-0.1, -0.05) is 12.1 Å². The molecule has 0 amide bonds. The molecule has 1 heterocycles. The van der Waals surface area contributed by atoms with E-state index in [4.69, 9.17) is 5.73 Å². The summed E-state index contributed by atoms with van der Waals surface area (Å²) >= 11 is 3.17. The van der Waals surface area contributed by atoms with Crippen LogP contribution in [0, 0.1) is 5.82 Å². The van der Waals surface area contributed by atoms with Crippen LogP contribution in [0.1, 0.15) is 17.3 Å². The van der Waals surface area contributed by atoms with Crippen LogP contribution in [0.5, 0.6) is 0 Å². The van der Waals surface area contributed by atoms with Gasteiger partial charge < -0.3 is 5.73 Å². The van der Waals surface area contributed by atoms with E-state index in [0.717, 1.165) is 0 Å². The third kappa shape index (κ3) is 2.10. The predicted molar refractivity (Wildman–Crippen MR) is 62.2 cm³/mol. The first kappa shape index (κ1) is 11.2. The van der Waals surface area contributed by atoms with Gasteiger partial charge in [0.1, 0.15) is 5.82 Å². The van der Waals surface area contributed by atoms with Crippen LogP contribution in [0.3, 0.4) is 0 Å². The van der Waals surface area contributed by atoms with Crippen molar-refractivity contribution < 1.29 is 4.39 Å². The lowest BCUT2D eigenvalue weighted by Crippen LogP contribution is -2.14. The summed E-state index contributed by atoms with van der Waals surface area (Å²) < 4.78 is 13.7. The standard InChI is InChI=1S/C11H9BrFN3/c12-10-7(2-1-3-8(10)13)11(14)9-6-15-4-5-16-9/h1-6,11H,14H2. The van der Waals surface area contributed by atoms with Crippen molar-refractivity contribution in [1.82, 2.24) is 9.97 Å². The van der Waals surface area contributed by atoms with Crippen molar-refractivity contribution in [2.45, 2.75) is 6.04 Å². The fourth-order valence-corrected chi connectivity index (χ4v) is 1.90. The van der Waals surface area contributed by atoms with Crippen molar-refractivity contribution in [3.8, 4) is 0 Å². The van der Waals surface area contributed by atoms with Crippen LogP contribution in [0.25, 0.3) is 0 Å². The molecule has 0 bridgehead atoms. The van der Waals surface area contributed by atoms with Crippen molar-refractivity contribution in [1.29, 1.82) is 0 Å². The van der Waals surface area contributed by atoms with Crippen molar-refractivity contribution in [3.63, 3.8) is 0 Å². The van der Waals surface area contributed by atoms with E-state index in [-0.39, 0.29) is 5.82 Å². The molecule has 3 nitrogen and oxygen atoms in total. The maximum atomic E-state index is 13.3. The van der Waals surface area contributed by atoms with Crippen molar-refractivity contribution in [3.05, 3.63) is 58.3 Å². The fraction of sp³-hybridized carbons (Fsp3) is 0.0909. The van der Waals surface area contributed by atoms with E-state index in [0.29, 0.717) is 15.7 Å². The van der Waals surface area contributed by atoms with Gasteiger partial charge in [-0.3, -0.25) is 9.97 Å². The number of nitrogens with two attached hydrogens (primary N) is 1. The van der Waals surface area contributed by atoms with Crippen LogP contribution < -0.4 is 5.73 Å². The first-order valence-corrected chi connectivity index (χ1v) is 5.45. The number of aromatic nitrogens is 2. The van der Waals surface area contributed by atoms with E-state index in [1.807, 2.05) is 0 Å². The lowest BCUT2D eigenvalue weighted by atomic mass is 10.1. The molecule has 0 aliphatic rings. The molecule has 0 spiro atoms. The Hall–Kier alpha value is -1.33. The molecule has 1 atom stereocenters. The Morgan fingerprint density at radius 3 is 2.81 bits per heavy atom. The molecule has 0 saturated carbocycles. The molecule has 0 aliphatic heterocycles. The molecule has 0 aliphatic carbocycles. The second-order valence-electron chi connectivity index (χ2n) is 3.25. The Labute approximate surface area is 101 Å². The molecule has 0 radical (unpaired) electrons. The minimum atomic E-state index is -0.487. The second kappa shape index (κ2) is 4.67. The van der Waals surface area contributed by atoms with Gasteiger partial charge in [0.2, 0.25) is 0 Å². The van der Waals surface area contributed by atoms with Crippen molar-refractivity contribution in [2.24, 2.45) is 5.73 Å². The van der Waals surface area contributed by atoms with E-state index in [2.05, 4.69) is 25.9 Å². The summed E-state index contributed by atoms with van der Waals surface area (Å²) in [5, 5.41) is 0.